The fourth-order valence-corrected chi connectivity index (χ4v) is 3.41. The van der Waals surface area contributed by atoms with Crippen molar-refractivity contribution in [2.75, 3.05) is 11.6 Å². The minimum atomic E-state index is 0.657. The Bertz CT molecular complexity index is 337. The third-order valence-corrected chi connectivity index (χ3v) is 4.66. The summed E-state index contributed by atoms with van der Waals surface area (Å²) in [5.41, 5.74) is 2.67. The molecule has 0 aromatic heterocycles. The lowest BCUT2D eigenvalue weighted by molar-refractivity contribution is 0.475. The monoisotopic (exact) mass is 235 g/mol. The van der Waals surface area contributed by atoms with Gasteiger partial charge in [0.15, 0.2) is 0 Å². The smallest absolute Gasteiger partial charge is 0.0380 e. The predicted molar refractivity (Wildman–Crippen MR) is 74.4 cm³/mol. The number of rotatable bonds is 3. The molecule has 1 aromatic carbocycles. The highest BCUT2D eigenvalue weighted by atomic mass is 32.2. The van der Waals surface area contributed by atoms with Crippen molar-refractivity contribution in [1.29, 1.82) is 0 Å². The molecule has 2 atom stereocenters. The van der Waals surface area contributed by atoms with E-state index >= 15 is 0 Å². The van der Waals surface area contributed by atoms with Crippen LogP contribution in [0.3, 0.4) is 0 Å². The zero-order valence-electron chi connectivity index (χ0n) is 10.2. The normalized spacial score (nSPS) is 25.4. The van der Waals surface area contributed by atoms with E-state index in [1.54, 1.807) is 0 Å². The van der Waals surface area contributed by atoms with Crippen molar-refractivity contribution in [1.82, 2.24) is 0 Å². The molecule has 88 valence electrons. The van der Waals surface area contributed by atoms with Gasteiger partial charge in [-0.2, -0.15) is 11.8 Å². The maximum absolute atomic E-state index is 3.73. The summed E-state index contributed by atoms with van der Waals surface area (Å²) in [5.74, 6) is 0. The van der Waals surface area contributed by atoms with E-state index in [1.807, 2.05) is 11.8 Å². The molecule has 16 heavy (non-hydrogen) atoms. The molecule has 0 heterocycles. The molecule has 1 nitrogen and oxygen atoms in total. The highest BCUT2D eigenvalue weighted by molar-refractivity contribution is 7.99. The van der Waals surface area contributed by atoms with Crippen molar-refractivity contribution in [2.24, 2.45) is 0 Å². The van der Waals surface area contributed by atoms with Gasteiger partial charge in [0.05, 0.1) is 0 Å². The van der Waals surface area contributed by atoms with Crippen LogP contribution in [0.5, 0.6) is 0 Å². The number of hydrogen-bond acceptors (Lipinski definition) is 2. The molecular weight excluding hydrogens is 214 g/mol. The second-order valence-electron chi connectivity index (χ2n) is 4.62. The summed E-state index contributed by atoms with van der Waals surface area (Å²) in [7, 11) is 0. The lowest BCUT2D eigenvalue weighted by Gasteiger charge is -2.32. The second-order valence-corrected chi connectivity index (χ2v) is 5.70. The Morgan fingerprint density at radius 3 is 2.69 bits per heavy atom. The Labute approximate surface area is 103 Å². The molecule has 0 radical (unpaired) electrons. The van der Waals surface area contributed by atoms with E-state index in [2.05, 4.69) is 42.8 Å². The third-order valence-electron chi connectivity index (χ3n) is 3.49. The molecule has 1 aliphatic carbocycles. The maximum atomic E-state index is 3.73. The number of anilines is 1. The van der Waals surface area contributed by atoms with Gasteiger partial charge in [0.2, 0.25) is 0 Å². The lowest BCUT2D eigenvalue weighted by atomic mass is 9.94. The highest BCUT2D eigenvalue weighted by Crippen LogP contribution is 2.30. The van der Waals surface area contributed by atoms with Crippen LogP contribution in [0.4, 0.5) is 5.69 Å². The Kier molecular flexibility index (Phi) is 4.16. The fourth-order valence-electron chi connectivity index (χ4n) is 2.48. The van der Waals surface area contributed by atoms with Gasteiger partial charge in [-0.1, -0.05) is 31.0 Å². The molecule has 0 bridgehead atoms. The predicted octanol–water partition coefficient (Wildman–Crippen LogP) is 4.08. The molecule has 0 aliphatic heterocycles. The van der Waals surface area contributed by atoms with Crippen molar-refractivity contribution in [2.45, 2.75) is 43.9 Å². The van der Waals surface area contributed by atoms with Gasteiger partial charge < -0.3 is 5.32 Å². The summed E-state index contributed by atoms with van der Waals surface area (Å²) in [6.45, 7) is 2.18. The summed E-state index contributed by atoms with van der Waals surface area (Å²) in [6.07, 6.45) is 7.70. The van der Waals surface area contributed by atoms with E-state index in [1.165, 1.54) is 36.9 Å². The lowest BCUT2D eigenvalue weighted by Crippen LogP contribution is -2.34. The van der Waals surface area contributed by atoms with Gasteiger partial charge >= 0.3 is 0 Å². The van der Waals surface area contributed by atoms with E-state index in [4.69, 9.17) is 0 Å². The minimum absolute atomic E-state index is 0.657. The molecule has 2 unspecified atom stereocenters. The van der Waals surface area contributed by atoms with E-state index < -0.39 is 0 Å². The molecule has 0 amide bonds. The van der Waals surface area contributed by atoms with Crippen LogP contribution in [0.1, 0.15) is 31.2 Å². The standard InChI is InChI=1S/C14H21NS/c1-11-7-3-4-8-12(11)15-13-9-5-6-10-14(13)16-2/h3-4,7-8,13-15H,5-6,9-10H2,1-2H3. The second kappa shape index (κ2) is 5.62. The Hall–Kier alpha value is -0.630. The number of hydrogen-bond donors (Lipinski definition) is 1. The van der Waals surface area contributed by atoms with Crippen LogP contribution < -0.4 is 5.32 Å². The molecule has 1 fully saturated rings. The van der Waals surface area contributed by atoms with Crippen LogP contribution in [-0.4, -0.2) is 17.5 Å². The zero-order valence-corrected chi connectivity index (χ0v) is 11.0. The van der Waals surface area contributed by atoms with Crippen molar-refractivity contribution in [3.63, 3.8) is 0 Å². The van der Waals surface area contributed by atoms with Crippen molar-refractivity contribution in [3.8, 4) is 0 Å². The van der Waals surface area contributed by atoms with Crippen molar-refractivity contribution >= 4 is 17.4 Å². The summed E-state index contributed by atoms with van der Waals surface area (Å²) in [5, 5.41) is 4.51. The molecule has 1 N–H and O–H groups in total. The zero-order chi connectivity index (χ0) is 11.4. The van der Waals surface area contributed by atoms with Crippen LogP contribution in [0, 0.1) is 6.92 Å². The van der Waals surface area contributed by atoms with Crippen LogP contribution in [-0.2, 0) is 0 Å². The number of nitrogens with one attached hydrogen (secondary N) is 1. The first-order valence-corrected chi connectivity index (χ1v) is 7.45. The van der Waals surface area contributed by atoms with Gasteiger partial charge in [-0.05, 0) is 37.7 Å². The van der Waals surface area contributed by atoms with Gasteiger partial charge in [-0.15, -0.1) is 0 Å². The van der Waals surface area contributed by atoms with Crippen LogP contribution in [0.25, 0.3) is 0 Å². The third kappa shape index (κ3) is 2.73. The highest BCUT2D eigenvalue weighted by Gasteiger charge is 2.24. The maximum Gasteiger partial charge on any atom is 0.0380 e. The van der Waals surface area contributed by atoms with Crippen LogP contribution >= 0.6 is 11.8 Å². The number of para-hydroxylation sites is 1. The first-order valence-electron chi connectivity index (χ1n) is 6.16. The largest absolute Gasteiger partial charge is 0.381 e. The molecule has 1 aromatic rings. The molecule has 2 heteroatoms. The van der Waals surface area contributed by atoms with Crippen LogP contribution in [0.2, 0.25) is 0 Å². The number of thioether (sulfide) groups is 1. The topological polar surface area (TPSA) is 12.0 Å². The fraction of sp³-hybridized carbons (Fsp3) is 0.571. The van der Waals surface area contributed by atoms with Crippen LogP contribution in [0.15, 0.2) is 24.3 Å². The SMILES string of the molecule is CSC1CCCCC1Nc1ccccc1C. The Balaban J connectivity index is 2.05. The Morgan fingerprint density at radius 2 is 1.94 bits per heavy atom. The number of aryl methyl sites for hydroxylation is 1. The quantitative estimate of drug-likeness (QED) is 0.847. The molecule has 0 spiro atoms. The summed E-state index contributed by atoms with van der Waals surface area (Å²) in [4.78, 5) is 0. The van der Waals surface area contributed by atoms with E-state index in [0.717, 1.165) is 5.25 Å². The average Bonchev–Trinajstić information content (AvgIpc) is 2.33. The molecule has 0 saturated heterocycles. The molecule has 1 aliphatic rings. The van der Waals surface area contributed by atoms with Gasteiger partial charge in [-0.25, -0.2) is 0 Å². The first-order chi connectivity index (χ1) is 7.81. The minimum Gasteiger partial charge on any atom is -0.381 e. The molecule has 2 rings (SSSR count). The van der Waals surface area contributed by atoms with Crippen molar-refractivity contribution < 1.29 is 0 Å². The Morgan fingerprint density at radius 1 is 1.19 bits per heavy atom. The molecule has 1 saturated carbocycles. The number of benzene rings is 1. The van der Waals surface area contributed by atoms with Gasteiger partial charge in [0, 0.05) is 17.0 Å². The van der Waals surface area contributed by atoms with E-state index in [0.29, 0.717) is 6.04 Å². The summed E-state index contributed by atoms with van der Waals surface area (Å²) < 4.78 is 0. The van der Waals surface area contributed by atoms with Gasteiger partial charge in [-0.3, -0.25) is 0 Å². The summed E-state index contributed by atoms with van der Waals surface area (Å²) in [6, 6.07) is 9.25. The van der Waals surface area contributed by atoms with E-state index in [9.17, 15) is 0 Å². The van der Waals surface area contributed by atoms with E-state index in [-0.39, 0.29) is 0 Å². The van der Waals surface area contributed by atoms with Gasteiger partial charge in [0.25, 0.3) is 0 Å². The molecular formula is C14H21NS. The average molecular weight is 235 g/mol. The summed E-state index contributed by atoms with van der Waals surface area (Å²) >= 11 is 2.02. The van der Waals surface area contributed by atoms with Gasteiger partial charge in [0.1, 0.15) is 0 Å². The first kappa shape index (κ1) is 11.8. The van der Waals surface area contributed by atoms with Crippen molar-refractivity contribution in [3.05, 3.63) is 29.8 Å².